The monoisotopic (exact) mass is 385 g/mol. The first-order valence-corrected chi connectivity index (χ1v) is 8.12. The van der Waals surface area contributed by atoms with Crippen LogP contribution in [0.15, 0.2) is 48.5 Å². The summed E-state index contributed by atoms with van der Waals surface area (Å²) in [6.45, 7) is -4.72. The van der Waals surface area contributed by atoms with E-state index in [4.69, 9.17) is 0 Å². The fraction of sp³-hybridized carbons (Fsp3) is 0.222. The van der Waals surface area contributed by atoms with Crippen LogP contribution in [0.25, 0.3) is 0 Å². The number of halogens is 3. The molecule has 130 valence electrons. The van der Waals surface area contributed by atoms with E-state index in [1.807, 2.05) is 0 Å². The third-order valence-corrected chi connectivity index (χ3v) is 4.30. The van der Waals surface area contributed by atoms with Gasteiger partial charge >= 0.3 is 58.4 Å². The zero-order chi connectivity index (χ0) is 18.0. The summed E-state index contributed by atoms with van der Waals surface area (Å²) in [6.07, 6.45) is 1.62. The molecule has 2 aromatic rings. The van der Waals surface area contributed by atoms with Gasteiger partial charge in [-0.2, -0.15) is 0 Å². The molecule has 0 bridgehead atoms. The molecule has 0 saturated heterocycles. The molecule has 1 aliphatic heterocycles. The minimum absolute atomic E-state index is 0. The third-order valence-electron chi connectivity index (χ3n) is 4.30. The number of carbonyl (C=O) groups excluding carboxylic acids is 2. The van der Waals surface area contributed by atoms with Crippen molar-refractivity contribution in [2.75, 3.05) is 6.54 Å². The zero-order valence-electron chi connectivity index (χ0n) is 14.4. The normalized spacial score (nSPS) is 13.6. The summed E-state index contributed by atoms with van der Waals surface area (Å²) in [5.74, 6) is -0.607. The molecule has 0 atom stereocenters. The smallest absolute Gasteiger partial charge is 0.445 e. The largest absolute Gasteiger partial charge is 1.00 e. The summed E-state index contributed by atoms with van der Waals surface area (Å²) in [7, 11) is 0. The van der Waals surface area contributed by atoms with Crippen molar-refractivity contribution in [2.24, 2.45) is 0 Å². The Labute approximate surface area is 192 Å². The number of imide groups is 1. The Bertz CT molecular complexity index is 791. The minimum Gasteiger partial charge on any atom is -0.445 e. The molecule has 2 aromatic carbocycles. The molecule has 3 rings (SSSR count). The standard InChI is InChI=1S/C18H16BF3NO2.K/c20-19(21,22)14-8-5-7-13(12-14)6-3-4-11-23-17(24)15-9-1-2-10-16(15)18(23)25;/h1-2,5,7-10,12H,3-4,6,11H2;/q-1;+1. The summed E-state index contributed by atoms with van der Waals surface area (Å²) in [4.78, 5) is 25.6. The number of hydrogen-bond acceptors (Lipinski definition) is 2. The molecule has 0 aliphatic carbocycles. The van der Waals surface area contributed by atoms with Gasteiger partial charge in [0.05, 0.1) is 11.1 Å². The van der Waals surface area contributed by atoms with E-state index in [2.05, 4.69) is 0 Å². The Morgan fingerprint density at radius 2 is 1.46 bits per heavy atom. The van der Waals surface area contributed by atoms with E-state index in [0.29, 0.717) is 36.0 Å². The van der Waals surface area contributed by atoms with Gasteiger partial charge in [0.15, 0.2) is 0 Å². The predicted octanol–water partition coefficient (Wildman–Crippen LogP) is 0.364. The van der Waals surface area contributed by atoms with Crippen molar-refractivity contribution in [3.63, 3.8) is 0 Å². The second-order valence-electron chi connectivity index (χ2n) is 6.08. The van der Waals surface area contributed by atoms with Crippen molar-refractivity contribution >= 4 is 24.3 Å². The van der Waals surface area contributed by atoms with Gasteiger partial charge in [-0.05, 0) is 31.4 Å². The number of amides is 2. The van der Waals surface area contributed by atoms with Crippen LogP contribution in [0.2, 0.25) is 0 Å². The minimum atomic E-state index is -5.00. The van der Waals surface area contributed by atoms with Gasteiger partial charge in [-0.15, -0.1) is 5.46 Å². The van der Waals surface area contributed by atoms with Crippen LogP contribution >= 0.6 is 0 Å². The fourth-order valence-corrected chi connectivity index (χ4v) is 2.99. The maximum Gasteiger partial charge on any atom is 1.00 e. The number of aryl methyl sites for hydroxylation is 1. The van der Waals surface area contributed by atoms with E-state index in [0.717, 1.165) is 6.07 Å². The molecule has 8 heteroatoms. The van der Waals surface area contributed by atoms with Gasteiger partial charge in [-0.3, -0.25) is 14.5 Å². The number of nitrogens with zero attached hydrogens (tertiary/aromatic N) is 1. The van der Waals surface area contributed by atoms with E-state index in [1.54, 1.807) is 30.3 Å². The van der Waals surface area contributed by atoms with Crippen LogP contribution in [0, 0.1) is 0 Å². The number of fused-ring (bicyclic) bond motifs is 1. The average molecular weight is 385 g/mol. The van der Waals surface area contributed by atoms with Crippen molar-refractivity contribution in [2.45, 2.75) is 19.3 Å². The van der Waals surface area contributed by atoms with Gasteiger partial charge in [0.2, 0.25) is 0 Å². The summed E-state index contributed by atoms with van der Waals surface area (Å²) in [5, 5.41) is 0. The maximum absolute atomic E-state index is 12.8. The Morgan fingerprint density at radius 1 is 0.846 bits per heavy atom. The van der Waals surface area contributed by atoms with Crippen molar-refractivity contribution in [1.82, 2.24) is 4.90 Å². The van der Waals surface area contributed by atoms with Crippen LogP contribution in [-0.2, 0) is 6.42 Å². The molecule has 3 nitrogen and oxygen atoms in total. The molecule has 0 fully saturated rings. The number of unbranched alkanes of at least 4 members (excludes halogenated alkanes) is 1. The first kappa shape index (κ1) is 21.4. The SMILES string of the molecule is O=C1c2ccccc2C(=O)N1CCCCc1cccc([B-](F)(F)F)c1.[K+]. The van der Waals surface area contributed by atoms with E-state index in [1.165, 1.54) is 17.0 Å². The molecule has 0 aromatic heterocycles. The second kappa shape index (κ2) is 8.84. The van der Waals surface area contributed by atoms with E-state index < -0.39 is 12.4 Å². The van der Waals surface area contributed by atoms with E-state index >= 15 is 0 Å². The van der Waals surface area contributed by atoms with Gasteiger partial charge in [0.1, 0.15) is 0 Å². The van der Waals surface area contributed by atoms with Crippen LogP contribution in [-0.4, -0.2) is 30.2 Å². The van der Waals surface area contributed by atoms with Gasteiger partial charge < -0.3 is 12.9 Å². The second-order valence-corrected chi connectivity index (χ2v) is 6.08. The molecule has 26 heavy (non-hydrogen) atoms. The van der Waals surface area contributed by atoms with Crippen LogP contribution in [0.5, 0.6) is 0 Å². The fourth-order valence-electron chi connectivity index (χ4n) is 2.99. The quantitative estimate of drug-likeness (QED) is 0.409. The van der Waals surface area contributed by atoms with Gasteiger partial charge in [-0.25, -0.2) is 0 Å². The van der Waals surface area contributed by atoms with Crippen molar-refractivity contribution in [3.8, 4) is 0 Å². The first-order valence-electron chi connectivity index (χ1n) is 8.12. The molecule has 0 saturated carbocycles. The average Bonchev–Trinajstić information content (AvgIpc) is 2.83. The van der Waals surface area contributed by atoms with Crippen LogP contribution < -0.4 is 56.8 Å². The topological polar surface area (TPSA) is 37.4 Å². The number of carbonyl (C=O) groups is 2. The summed E-state index contributed by atoms with van der Waals surface area (Å²) in [5.41, 5.74) is 0.831. The maximum atomic E-state index is 12.8. The van der Waals surface area contributed by atoms with Gasteiger partial charge in [0, 0.05) is 6.54 Å². The third kappa shape index (κ3) is 4.67. The van der Waals surface area contributed by atoms with Gasteiger partial charge in [-0.1, -0.05) is 42.0 Å². The molecule has 0 unspecified atom stereocenters. The van der Waals surface area contributed by atoms with Crippen molar-refractivity contribution in [3.05, 3.63) is 65.2 Å². The Balaban J connectivity index is 0.00000243. The first-order chi connectivity index (χ1) is 11.9. The molecule has 0 spiro atoms. The van der Waals surface area contributed by atoms with Crippen LogP contribution in [0.1, 0.15) is 39.1 Å². The molecular formula is C18H16BF3KNO2. The van der Waals surface area contributed by atoms with E-state index in [9.17, 15) is 22.5 Å². The molecule has 0 radical (unpaired) electrons. The van der Waals surface area contributed by atoms with E-state index in [-0.39, 0.29) is 69.7 Å². The summed E-state index contributed by atoms with van der Waals surface area (Å²) in [6, 6.07) is 12.0. The molecule has 1 aliphatic rings. The Morgan fingerprint density at radius 3 is 2.04 bits per heavy atom. The molecule has 1 heterocycles. The number of benzene rings is 2. The van der Waals surface area contributed by atoms with Crippen LogP contribution in [0.4, 0.5) is 12.9 Å². The van der Waals surface area contributed by atoms with Gasteiger partial charge in [0.25, 0.3) is 11.8 Å². The predicted molar refractivity (Wildman–Crippen MR) is 89.9 cm³/mol. The summed E-state index contributed by atoms with van der Waals surface area (Å²) >= 11 is 0. The molecular weight excluding hydrogens is 369 g/mol. The molecule has 2 amide bonds. The zero-order valence-corrected chi connectivity index (χ0v) is 17.5. The van der Waals surface area contributed by atoms with Crippen LogP contribution in [0.3, 0.4) is 0 Å². The number of hydrogen-bond donors (Lipinski definition) is 0. The summed E-state index contributed by atoms with van der Waals surface area (Å²) < 4.78 is 38.3. The Kier molecular flexibility index (Phi) is 7.27. The van der Waals surface area contributed by atoms with Crippen molar-refractivity contribution < 1.29 is 73.9 Å². The number of rotatable bonds is 6. The Hall–Kier alpha value is -0.929. The van der Waals surface area contributed by atoms with Crippen molar-refractivity contribution in [1.29, 1.82) is 0 Å². The molecule has 0 N–H and O–H groups in total.